The molecule has 0 radical (unpaired) electrons. The molecule has 170 valence electrons. The minimum atomic E-state index is -0.0414. The highest BCUT2D eigenvalue weighted by Gasteiger charge is 2.28. The van der Waals surface area contributed by atoms with Gasteiger partial charge in [0, 0.05) is 35.7 Å². The third kappa shape index (κ3) is 3.63. The van der Waals surface area contributed by atoms with Crippen LogP contribution < -0.4 is 20.0 Å². The summed E-state index contributed by atoms with van der Waals surface area (Å²) in [7, 11) is 0. The molecule has 7 nitrogen and oxygen atoms in total. The Bertz CT molecular complexity index is 1320. The molecule has 4 heterocycles. The van der Waals surface area contributed by atoms with Crippen LogP contribution in [0.2, 0.25) is 0 Å². The van der Waals surface area contributed by atoms with E-state index < -0.39 is 0 Å². The number of nitrogens with zero attached hydrogens (tertiary/aromatic N) is 2. The van der Waals surface area contributed by atoms with E-state index in [1.165, 1.54) is 11.3 Å². The van der Waals surface area contributed by atoms with Crippen molar-refractivity contribution in [2.75, 3.05) is 49.3 Å². The number of hydrogen-bond donors (Lipinski definition) is 0. The molecule has 0 spiro atoms. The van der Waals surface area contributed by atoms with Gasteiger partial charge in [-0.1, -0.05) is 12.1 Å². The van der Waals surface area contributed by atoms with Crippen LogP contribution in [0, 0.1) is 0 Å². The minimum absolute atomic E-state index is 0.0414. The van der Waals surface area contributed by atoms with E-state index in [9.17, 15) is 9.59 Å². The summed E-state index contributed by atoms with van der Waals surface area (Å²) in [5.74, 6) is 1.33. The lowest BCUT2D eigenvalue weighted by molar-refractivity contribution is -0.115. The number of carbonyl (C=O) groups is 1. The quantitative estimate of drug-likeness (QED) is 0.579. The Morgan fingerprint density at radius 2 is 1.94 bits per heavy atom. The molecule has 0 N–H and O–H groups in total. The van der Waals surface area contributed by atoms with Gasteiger partial charge < -0.3 is 23.7 Å². The summed E-state index contributed by atoms with van der Waals surface area (Å²) in [4.78, 5) is 29.9. The van der Waals surface area contributed by atoms with Crippen LogP contribution in [0.5, 0.6) is 5.75 Å². The summed E-state index contributed by atoms with van der Waals surface area (Å²) in [6.07, 6.45) is 4.87. The van der Waals surface area contributed by atoms with E-state index in [2.05, 4.69) is 6.08 Å². The minimum Gasteiger partial charge on any atom is -0.490 e. The number of amides is 1. The molecule has 1 amide bonds. The van der Waals surface area contributed by atoms with Crippen molar-refractivity contribution in [2.24, 2.45) is 0 Å². The van der Waals surface area contributed by atoms with Crippen molar-refractivity contribution in [2.45, 2.75) is 19.3 Å². The van der Waals surface area contributed by atoms with Gasteiger partial charge in [0.05, 0.1) is 25.4 Å². The Balaban J connectivity index is 1.42. The van der Waals surface area contributed by atoms with E-state index in [1.807, 2.05) is 33.4 Å². The number of carbonyl (C=O) groups excluding carboxylic acids is 1. The maximum atomic E-state index is 13.2. The van der Waals surface area contributed by atoms with Gasteiger partial charge in [-0.15, -0.1) is 11.3 Å². The molecule has 2 aliphatic heterocycles. The topological polar surface area (TPSA) is 72.2 Å². The molecule has 6 rings (SSSR count). The maximum absolute atomic E-state index is 13.2. The van der Waals surface area contributed by atoms with E-state index in [0.29, 0.717) is 61.4 Å². The number of morpholine rings is 1. The molecule has 1 aromatic carbocycles. The highest BCUT2D eigenvalue weighted by molar-refractivity contribution is 7.17. The van der Waals surface area contributed by atoms with Crippen molar-refractivity contribution in [1.82, 2.24) is 0 Å². The van der Waals surface area contributed by atoms with Gasteiger partial charge in [0.1, 0.15) is 17.1 Å². The first-order valence-electron chi connectivity index (χ1n) is 11.4. The highest BCUT2D eigenvalue weighted by Crippen LogP contribution is 2.40. The molecule has 0 saturated carbocycles. The van der Waals surface area contributed by atoms with Crippen molar-refractivity contribution in [3.05, 3.63) is 51.5 Å². The number of thiophene rings is 1. The van der Waals surface area contributed by atoms with Gasteiger partial charge in [-0.25, -0.2) is 0 Å². The maximum Gasteiger partial charge on any atom is 0.254 e. The molecule has 2 aromatic heterocycles. The SMILES string of the molecule is O=C(C1=CCCC1)N1CCOc2ccc(-c3csc4c(=O)cc(N5CCOCC5)oc34)cc21. The Hall–Kier alpha value is -3.10. The van der Waals surface area contributed by atoms with Gasteiger partial charge in [-0.05, 0) is 37.0 Å². The van der Waals surface area contributed by atoms with Crippen LogP contribution in [-0.4, -0.2) is 45.4 Å². The molecule has 33 heavy (non-hydrogen) atoms. The van der Waals surface area contributed by atoms with Gasteiger partial charge >= 0.3 is 0 Å². The lowest BCUT2D eigenvalue weighted by Gasteiger charge is -2.30. The Kier molecular flexibility index (Phi) is 5.19. The van der Waals surface area contributed by atoms with Crippen LogP contribution in [-0.2, 0) is 9.53 Å². The summed E-state index contributed by atoms with van der Waals surface area (Å²) in [5.41, 5.74) is 3.94. The fraction of sp³-hybridized carbons (Fsp3) is 0.360. The Morgan fingerprint density at radius 1 is 1.06 bits per heavy atom. The molecule has 1 saturated heterocycles. The zero-order valence-corrected chi connectivity index (χ0v) is 19.0. The van der Waals surface area contributed by atoms with Crippen LogP contribution in [0.25, 0.3) is 21.4 Å². The van der Waals surface area contributed by atoms with Gasteiger partial charge in [0.2, 0.25) is 5.43 Å². The van der Waals surface area contributed by atoms with Crippen molar-refractivity contribution in [3.63, 3.8) is 0 Å². The molecule has 0 bridgehead atoms. The summed E-state index contributed by atoms with van der Waals surface area (Å²) in [6.45, 7) is 3.61. The smallest absolute Gasteiger partial charge is 0.254 e. The second-order valence-electron chi connectivity index (χ2n) is 8.47. The number of allylic oxidation sites excluding steroid dienone is 1. The van der Waals surface area contributed by atoms with E-state index in [1.54, 1.807) is 6.07 Å². The van der Waals surface area contributed by atoms with Crippen LogP contribution >= 0.6 is 11.3 Å². The average molecular weight is 465 g/mol. The molecule has 1 aliphatic carbocycles. The number of benzene rings is 1. The fourth-order valence-electron chi connectivity index (χ4n) is 4.70. The molecule has 1 fully saturated rings. The highest BCUT2D eigenvalue weighted by atomic mass is 32.1. The Labute approximate surface area is 194 Å². The normalized spacial score (nSPS) is 18.2. The van der Waals surface area contributed by atoms with Gasteiger partial charge in [-0.3, -0.25) is 9.59 Å². The molecule has 0 atom stereocenters. The fourth-order valence-corrected chi connectivity index (χ4v) is 5.62. The first-order valence-corrected chi connectivity index (χ1v) is 12.2. The summed E-state index contributed by atoms with van der Waals surface area (Å²) in [6, 6.07) is 7.42. The molecule has 8 heteroatoms. The van der Waals surface area contributed by atoms with Crippen molar-refractivity contribution >= 4 is 39.1 Å². The lowest BCUT2D eigenvalue weighted by atomic mass is 10.0. The average Bonchev–Trinajstić information content (AvgIpc) is 3.54. The van der Waals surface area contributed by atoms with Crippen molar-refractivity contribution in [3.8, 4) is 16.9 Å². The predicted molar refractivity (Wildman–Crippen MR) is 129 cm³/mol. The third-order valence-corrected chi connectivity index (χ3v) is 7.42. The van der Waals surface area contributed by atoms with Gasteiger partial charge in [0.25, 0.3) is 5.91 Å². The lowest BCUT2D eigenvalue weighted by Crippen LogP contribution is -2.38. The third-order valence-electron chi connectivity index (χ3n) is 6.45. The van der Waals surface area contributed by atoms with Gasteiger partial charge in [0.15, 0.2) is 11.5 Å². The van der Waals surface area contributed by atoms with Crippen LogP contribution in [0.3, 0.4) is 0 Å². The number of fused-ring (bicyclic) bond motifs is 2. The van der Waals surface area contributed by atoms with E-state index >= 15 is 0 Å². The first kappa shape index (κ1) is 20.5. The summed E-state index contributed by atoms with van der Waals surface area (Å²) < 4.78 is 18.1. The largest absolute Gasteiger partial charge is 0.490 e. The van der Waals surface area contributed by atoms with E-state index in [0.717, 1.165) is 41.6 Å². The second kappa shape index (κ2) is 8.35. The zero-order valence-electron chi connectivity index (χ0n) is 18.2. The molecule has 3 aromatic rings. The first-order chi connectivity index (χ1) is 16.2. The second-order valence-corrected chi connectivity index (χ2v) is 9.34. The van der Waals surface area contributed by atoms with Crippen LogP contribution in [0.1, 0.15) is 19.3 Å². The molecule has 0 unspecified atom stereocenters. The number of rotatable bonds is 3. The molecular weight excluding hydrogens is 440 g/mol. The van der Waals surface area contributed by atoms with Crippen molar-refractivity contribution in [1.29, 1.82) is 0 Å². The Morgan fingerprint density at radius 3 is 2.76 bits per heavy atom. The van der Waals surface area contributed by atoms with Crippen LogP contribution in [0.4, 0.5) is 11.6 Å². The number of anilines is 2. The van der Waals surface area contributed by atoms with Crippen molar-refractivity contribution < 1.29 is 18.7 Å². The van der Waals surface area contributed by atoms with E-state index in [-0.39, 0.29) is 11.3 Å². The number of hydrogen-bond acceptors (Lipinski definition) is 7. The monoisotopic (exact) mass is 464 g/mol. The summed E-state index contributed by atoms with van der Waals surface area (Å²) >= 11 is 1.39. The predicted octanol–water partition coefficient (Wildman–Crippen LogP) is 4.19. The molecular formula is C25H24N2O5S. The molecule has 3 aliphatic rings. The van der Waals surface area contributed by atoms with Gasteiger partial charge in [-0.2, -0.15) is 0 Å². The standard InChI is InChI=1S/C25H24N2O5S/c28-20-14-22(26-7-10-30-11-8-26)32-23-18(15-33-24(20)23)17-5-6-21-19(13-17)27(9-12-31-21)25(29)16-3-1-2-4-16/h3,5-6,13-15H,1-2,4,7-12H2. The van der Waals surface area contributed by atoms with Crippen LogP contribution in [0.15, 0.2) is 50.5 Å². The van der Waals surface area contributed by atoms with E-state index in [4.69, 9.17) is 13.9 Å². The number of ether oxygens (including phenoxy) is 2. The zero-order chi connectivity index (χ0) is 22.4. The summed E-state index contributed by atoms with van der Waals surface area (Å²) in [5, 5.41) is 1.95.